The van der Waals surface area contributed by atoms with E-state index in [2.05, 4.69) is 46.4 Å². The molecule has 2 nitrogen and oxygen atoms in total. The zero-order valence-corrected chi connectivity index (χ0v) is 12.4. The molecule has 1 aliphatic heterocycles. The summed E-state index contributed by atoms with van der Waals surface area (Å²) in [5.74, 6) is 0.352. The summed E-state index contributed by atoms with van der Waals surface area (Å²) in [6.07, 6.45) is 0.965. The SMILES string of the molecule is Cc1cc(Br)cc(C2NCCc3cc(O)ccc32)c1. The molecule has 3 rings (SSSR count). The van der Waals surface area contributed by atoms with E-state index in [1.165, 1.54) is 22.3 Å². The van der Waals surface area contributed by atoms with Gasteiger partial charge in [0.25, 0.3) is 0 Å². The van der Waals surface area contributed by atoms with Gasteiger partial charge in [0.05, 0.1) is 6.04 Å². The number of phenolic OH excluding ortho intramolecular Hbond substituents is 1. The Kier molecular flexibility index (Phi) is 3.33. The van der Waals surface area contributed by atoms with Crippen molar-refractivity contribution >= 4 is 15.9 Å². The number of halogens is 1. The standard InChI is InChI=1S/C16H16BrNO/c1-10-6-12(8-13(17)7-10)16-15-3-2-14(19)9-11(15)4-5-18-16/h2-3,6-9,16,18-19H,4-5H2,1H3. The average Bonchev–Trinajstić information content (AvgIpc) is 2.36. The first-order chi connectivity index (χ1) is 9.13. The third-order valence-corrected chi connectivity index (χ3v) is 4.04. The number of aromatic hydroxyl groups is 1. The Morgan fingerprint density at radius 1 is 1.21 bits per heavy atom. The van der Waals surface area contributed by atoms with Gasteiger partial charge in [0, 0.05) is 11.0 Å². The number of phenols is 1. The Morgan fingerprint density at radius 2 is 2.05 bits per heavy atom. The van der Waals surface area contributed by atoms with Crippen molar-refractivity contribution in [1.82, 2.24) is 5.32 Å². The highest BCUT2D eigenvalue weighted by Gasteiger charge is 2.21. The van der Waals surface area contributed by atoms with Crippen molar-refractivity contribution in [1.29, 1.82) is 0 Å². The second-order valence-corrected chi connectivity index (χ2v) is 6.00. The van der Waals surface area contributed by atoms with E-state index in [0.29, 0.717) is 5.75 Å². The lowest BCUT2D eigenvalue weighted by atomic mass is 9.89. The largest absolute Gasteiger partial charge is 0.508 e. The molecule has 0 saturated heterocycles. The summed E-state index contributed by atoms with van der Waals surface area (Å²) in [5, 5.41) is 13.2. The summed E-state index contributed by atoms with van der Waals surface area (Å²) in [7, 11) is 0. The molecule has 0 bridgehead atoms. The van der Waals surface area contributed by atoms with Crippen LogP contribution in [0.2, 0.25) is 0 Å². The van der Waals surface area contributed by atoms with Crippen LogP contribution in [0.3, 0.4) is 0 Å². The molecule has 0 amide bonds. The second-order valence-electron chi connectivity index (χ2n) is 5.08. The van der Waals surface area contributed by atoms with Crippen molar-refractivity contribution < 1.29 is 5.11 Å². The summed E-state index contributed by atoms with van der Waals surface area (Å²) in [6.45, 7) is 3.04. The van der Waals surface area contributed by atoms with Crippen LogP contribution >= 0.6 is 15.9 Å². The zero-order valence-electron chi connectivity index (χ0n) is 10.8. The highest BCUT2D eigenvalue weighted by atomic mass is 79.9. The van der Waals surface area contributed by atoms with Gasteiger partial charge in [0.15, 0.2) is 0 Å². The molecule has 0 fully saturated rings. The second kappa shape index (κ2) is 4.99. The van der Waals surface area contributed by atoms with Crippen molar-refractivity contribution in [3.8, 4) is 5.75 Å². The Labute approximate surface area is 121 Å². The lowest BCUT2D eigenvalue weighted by Gasteiger charge is -2.28. The maximum absolute atomic E-state index is 9.61. The third-order valence-electron chi connectivity index (χ3n) is 3.58. The van der Waals surface area contributed by atoms with Gasteiger partial charge in [-0.2, -0.15) is 0 Å². The fraction of sp³-hybridized carbons (Fsp3) is 0.250. The molecule has 1 unspecified atom stereocenters. The molecule has 0 aliphatic carbocycles. The summed E-state index contributed by atoms with van der Waals surface area (Å²) in [4.78, 5) is 0. The number of hydrogen-bond donors (Lipinski definition) is 2. The smallest absolute Gasteiger partial charge is 0.115 e. The number of hydrogen-bond acceptors (Lipinski definition) is 2. The van der Waals surface area contributed by atoms with Gasteiger partial charge in [-0.15, -0.1) is 0 Å². The summed E-state index contributed by atoms with van der Waals surface area (Å²) in [5.41, 5.74) is 5.01. The molecule has 0 saturated carbocycles. The minimum Gasteiger partial charge on any atom is -0.508 e. The number of rotatable bonds is 1. The van der Waals surface area contributed by atoms with Crippen molar-refractivity contribution in [3.05, 3.63) is 63.1 Å². The van der Waals surface area contributed by atoms with Crippen molar-refractivity contribution in [3.63, 3.8) is 0 Å². The van der Waals surface area contributed by atoms with E-state index in [0.717, 1.165) is 17.4 Å². The summed E-state index contributed by atoms with van der Waals surface area (Å²) in [6, 6.07) is 12.4. The maximum atomic E-state index is 9.61. The molecule has 2 aromatic carbocycles. The molecule has 19 heavy (non-hydrogen) atoms. The van der Waals surface area contributed by atoms with E-state index >= 15 is 0 Å². The van der Waals surface area contributed by atoms with E-state index in [1.54, 1.807) is 6.07 Å². The summed E-state index contributed by atoms with van der Waals surface area (Å²) >= 11 is 3.56. The van der Waals surface area contributed by atoms with Gasteiger partial charge in [-0.1, -0.05) is 28.1 Å². The first-order valence-corrected chi connectivity index (χ1v) is 7.25. The molecule has 2 N–H and O–H groups in total. The molecule has 1 atom stereocenters. The van der Waals surface area contributed by atoms with Crippen LogP contribution in [0.15, 0.2) is 40.9 Å². The van der Waals surface area contributed by atoms with Gasteiger partial charge >= 0.3 is 0 Å². The Hall–Kier alpha value is -1.32. The van der Waals surface area contributed by atoms with Gasteiger partial charge in [-0.3, -0.25) is 0 Å². The molecule has 1 aliphatic rings. The van der Waals surface area contributed by atoms with E-state index in [9.17, 15) is 5.11 Å². The van der Waals surface area contributed by atoms with Crippen LogP contribution in [0.25, 0.3) is 0 Å². The number of benzene rings is 2. The fourth-order valence-corrected chi connectivity index (χ4v) is 3.41. The van der Waals surface area contributed by atoms with Crippen molar-refractivity contribution in [2.45, 2.75) is 19.4 Å². The number of aryl methyl sites for hydroxylation is 1. The van der Waals surface area contributed by atoms with Crippen LogP contribution in [0.1, 0.15) is 28.3 Å². The first kappa shape index (κ1) is 12.7. The van der Waals surface area contributed by atoms with Crippen LogP contribution in [0.4, 0.5) is 0 Å². The molecule has 0 spiro atoms. The molecule has 0 aromatic heterocycles. The monoisotopic (exact) mass is 317 g/mol. The normalized spacial score (nSPS) is 18.1. The highest BCUT2D eigenvalue weighted by molar-refractivity contribution is 9.10. The average molecular weight is 318 g/mol. The molecule has 2 aromatic rings. The molecular formula is C16H16BrNO. The summed E-state index contributed by atoms with van der Waals surface area (Å²) < 4.78 is 1.11. The predicted octanol–water partition coefficient (Wildman–Crippen LogP) is 3.70. The maximum Gasteiger partial charge on any atom is 0.115 e. The Morgan fingerprint density at radius 3 is 2.84 bits per heavy atom. The van der Waals surface area contributed by atoms with Gasteiger partial charge in [0.1, 0.15) is 5.75 Å². The van der Waals surface area contributed by atoms with Crippen LogP contribution in [-0.4, -0.2) is 11.7 Å². The minimum atomic E-state index is 0.209. The molecule has 0 radical (unpaired) electrons. The zero-order chi connectivity index (χ0) is 13.4. The van der Waals surface area contributed by atoms with Crippen LogP contribution in [0.5, 0.6) is 5.75 Å². The van der Waals surface area contributed by atoms with Crippen molar-refractivity contribution in [2.24, 2.45) is 0 Å². The van der Waals surface area contributed by atoms with Crippen LogP contribution in [-0.2, 0) is 6.42 Å². The fourth-order valence-electron chi connectivity index (χ4n) is 2.78. The molecular weight excluding hydrogens is 302 g/mol. The Bertz CT molecular complexity index is 604. The van der Waals surface area contributed by atoms with Gasteiger partial charge < -0.3 is 10.4 Å². The van der Waals surface area contributed by atoms with E-state index in [-0.39, 0.29) is 6.04 Å². The number of nitrogens with one attached hydrogen (secondary N) is 1. The predicted molar refractivity (Wildman–Crippen MR) is 80.5 cm³/mol. The van der Waals surface area contributed by atoms with Gasteiger partial charge in [-0.25, -0.2) is 0 Å². The molecule has 98 valence electrons. The third kappa shape index (κ3) is 2.53. The number of fused-ring (bicyclic) bond motifs is 1. The highest BCUT2D eigenvalue weighted by Crippen LogP contribution is 2.32. The molecule has 1 heterocycles. The van der Waals surface area contributed by atoms with Crippen LogP contribution < -0.4 is 5.32 Å². The lowest BCUT2D eigenvalue weighted by molar-refractivity contribution is 0.471. The van der Waals surface area contributed by atoms with E-state index in [4.69, 9.17) is 0 Å². The molecule has 3 heteroatoms. The van der Waals surface area contributed by atoms with E-state index < -0.39 is 0 Å². The quantitative estimate of drug-likeness (QED) is 0.840. The Balaban J connectivity index is 2.08. The van der Waals surface area contributed by atoms with Gasteiger partial charge in [-0.05, 0) is 59.9 Å². The van der Waals surface area contributed by atoms with Crippen LogP contribution in [0, 0.1) is 6.92 Å². The lowest BCUT2D eigenvalue weighted by Crippen LogP contribution is -2.30. The van der Waals surface area contributed by atoms with Crippen molar-refractivity contribution in [2.75, 3.05) is 6.54 Å². The van der Waals surface area contributed by atoms with E-state index in [1.807, 2.05) is 12.1 Å². The first-order valence-electron chi connectivity index (χ1n) is 6.46. The topological polar surface area (TPSA) is 32.3 Å². The minimum absolute atomic E-state index is 0.209. The van der Waals surface area contributed by atoms with Gasteiger partial charge in [0.2, 0.25) is 0 Å².